The maximum absolute atomic E-state index is 4.83. The summed E-state index contributed by atoms with van der Waals surface area (Å²) in [4.78, 5) is 12.7. The predicted octanol–water partition coefficient (Wildman–Crippen LogP) is 2.50. The molecule has 4 nitrogen and oxygen atoms in total. The summed E-state index contributed by atoms with van der Waals surface area (Å²) >= 11 is 0. The van der Waals surface area contributed by atoms with E-state index in [-0.39, 0.29) is 0 Å². The number of aromatic nitrogens is 3. The van der Waals surface area contributed by atoms with Gasteiger partial charge in [0.2, 0.25) is 0 Å². The Morgan fingerprint density at radius 3 is 3.19 bits per heavy atom. The van der Waals surface area contributed by atoms with E-state index in [1.165, 1.54) is 22.4 Å². The average molecular weight is 278 g/mol. The smallest absolute Gasteiger partial charge is 0.0914 e. The van der Waals surface area contributed by atoms with Crippen LogP contribution >= 0.6 is 0 Å². The third kappa shape index (κ3) is 2.32. The molecule has 0 saturated heterocycles. The van der Waals surface area contributed by atoms with Crippen LogP contribution in [0.2, 0.25) is 0 Å². The third-order valence-corrected chi connectivity index (χ3v) is 4.08. The molecule has 0 aromatic carbocycles. The molecule has 0 aliphatic carbocycles. The molecule has 4 heteroatoms. The molecule has 0 fully saturated rings. The molecule has 0 radical (unpaired) electrons. The van der Waals surface area contributed by atoms with Crippen molar-refractivity contribution in [2.24, 2.45) is 0 Å². The topological polar surface area (TPSA) is 53.6 Å². The van der Waals surface area contributed by atoms with Crippen molar-refractivity contribution in [3.63, 3.8) is 0 Å². The van der Waals surface area contributed by atoms with E-state index in [4.69, 9.17) is 4.98 Å². The molecule has 0 bridgehead atoms. The van der Waals surface area contributed by atoms with Crippen LogP contribution in [0.15, 0.2) is 30.6 Å². The summed E-state index contributed by atoms with van der Waals surface area (Å²) in [5.74, 6) is 0. The third-order valence-electron chi connectivity index (χ3n) is 4.08. The van der Waals surface area contributed by atoms with Crippen LogP contribution in [0.5, 0.6) is 0 Å². The van der Waals surface area contributed by atoms with E-state index in [9.17, 15) is 0 Å². The van der Waals surface area contributed by atoms with Gasteiger partial charge in [0.25, 0.3) is 0 Å². The molecule has 21 heavy (non-hydrogen) atoms. The number of aryl methyl sites for hydroxylation is 1. The lowest BCUT2D eigenvalue weighted by atomic mass is 10.0. The molecule has 0 saturated carbocycles. The van der Waals surface area contributed by atoms with Gasteiger partial charge in [-0.3, -0.25) is 9.97 Å². The Morgan fingerprint density at radius 1 is 1.29 bits per heavy atom. The highest BCUT2D eigenvalue weighted by Crippen LogP contribution is 2.20. The fourth-order valence-corrected chi connectivity index (χ4v) is 2.98. The zero-order chi connectivity index (χ0) is 14.2. The van der Waals surface area contributed by atoms with E-state index in [1.54, 1.807) is 0 Å². The summed E-state index contributed by atoms with van der Waals surface area (Å²) in [6.45, 7) is 4.03. The lowest BCUT2D eigenvalue weighted by molar-refractivity contribution is 0.627. The van der Waals surface area contributed by atoms with Crippen LogP contribution in [0, 0.1) is 6.92 Å². The number of nitrogens with one attached hydrogen (secondary N) is 2. The summed E-state index contributed by atoms with van der Waals surface area (Å²) in [5.41, 5.74) is 8.25. The SMILES string of the molecule is Cc1cnc2c(Cc3ccc4c(n3)CCNC4)c[nH]c2c1. The number of hydrogen-bond acceptors (Lipinski definition) is 3. The number of rotatable bonds is 2. The highest BCUT2D eigenvalue weighted by Gasteiger charge is 2.12. The fraction of sp³-hybridized carbons (Fsp3) is 0.294. The van der Waals surface area contributed by atoms with Crippen LogP contribution in [0.25, 0.3) is 11.0 Å². The van der Waals surface area contributed by atoms with E-state index in [1.807, 2.05) is 6.20 Å². The minimum atomic E-state index is 0.830. The Morgan fingerprint density at radius 2 is 2.24 bits per heavy atom. The van der Waals surface area contributed by atoms with Gasteiger partial charge in [-0.05, 0) is 30.2 Å². The number of H-pyrrole nitrogens is 1. The second-order valence-corrected chi connectivity index (χ2v) is 5.73. The van der Waals surface area contributed by atoms with Crippen molar-refractivity contribution in [1.29, 1.82) is 0 Å². The van der Waals surface area contributed by atoms with Crippen molar-refractivity contribution in [2.45, 2.75) is 26.3 Å². The van der Waals surface area contributed by atoms with Gasteiger partial charge >= 0.3 is 0 Å². The number of aromatic amines is 1. The number of hydrogen-bond donors (Lipinski definition) is 2. The standard InChI is InChI=1S/C17H18N4/c1-11-6-16-17(20-8-11)13(10-19-16)7-14-3-2-12-9-18-5-4-15(12)21-14/h2-3,6,8,10,18-19H,4-5,7,9H2,1H3. The maximum atomic E-state index is 4.83. The largest absolute Gasteiger partial charge is 0.360 e. The van der Waals surface area contributed by atoms with Gasteiger partial charge in [-0.15, -0.1) is 0 Å². The van der Waals surface area contributed by atoms with Gasteiger partial charge in [0, 0.05) is 55.3 Å². The lowest BCUT2D eigenvalue weighted by Gasteiger charge is -2.16. The van der Waals surface area contributed by atoms with Crippen LogP contribution in [0.3, 0.4) is 0 Å². The molecule has 4 rings (SSSR count). The van der Waals surface area contributed by atoms with Gasteiger partial charge in [0.1, 0.15) is 0 Å². The van der Waals surface area contributed by atoms with Gasteiger partial charge in [-0.1, -0.05) is 6.07 Å². The molecule has 0 atom stereocenters. The Bertz CT molecular complexity index is 804. The Balaban J connectivity index is 1.68. The molecule has 3 aromatic heterocycles. The quantitative estimate of drug-likeness (QED) is 0.757. The van der Waals surface area contributed by atoms with Crippen molar-refractivity contribution in [3.05, 3.63) is 58.7 Å². The number of fused-ring (bicyclic) bond motifs is 2. The minimum absolute atomic E-state index is 0.830. The lowest BCUT2D eigenvalue weighted by Crippen LogP contribution is -2.24. The fourth-order valence-electron chi connectivity index (χ4n) is 2.98. The van der Waals surface area contributed by atoms with E-state index >= 15 is 0 Å². The highest BCUT2D eigenvalue weighted by molar-refractivity contribution is 5.79. The van der Waals surface area contributed by atoms with E-state index < -0.39 is 0 Å². The maximum Gasteiger partial charge on any atom is 0.0914 e. The van der Waals surface area contributed by atoms with Gasteiger partial charge in [-0.25, -0.2) is 0 Å². The summed E-state index contributed by atoms with van der Waals surface area (Å²) in [6, 6.07) is 6.48. The Labute approximate surface area is 123 Å². The number of pyridine rings is 2. The Hall–Kier alpha value is -2.20. The monoisotopic (exact) mass is 278 g/mol. The molecule has 1 aliphatic rings. The molecule has 106 valence electrons. The van der Waals surface area contributed by atoms with Crippen molar-refractivity contribution in [1.82, 2.24) is 20.3 Å². The van der Waals surface area contributed by atoms with Gasteiger partial charge in [-0.2, -0.15) is 0 Å². The molecule has 2 N–H and O–H groups in total. The second-order valence-electron chi connectivity index (χ2n) is 5.73. The first-order valence-electron chi connectivity index (χ1n) is 7.40. The summed E-state index contributed by atoms with van der Waals surface area (Å²) in [7, 11) is 0. The molecule has 0 amide bonds. The molecule has 4 heterocycles. The van der Waals surface area contributed by atoms with Crippen molar-refractivity contribution in [3.8, 4) is 0 Å². The van der Waals surface area contributed by atoms with Crippen LogP contribution in [-0.2, 0) is 19.4 Å². The molecule has 0 unspecified atom stereocenters. The normalized spacial score (nSPS) is 14.3. The van der Waals surface area contributed by atoms with Crippen LogP contribution in [-0.4, -0.2) is 21.5 Å². The van der Waals surface area contributed by atoms with Crippen molar-refractivity contribution < 1.29 is 0 Å². The first-order chi connectivity index (χ1) is 10.3. The van der Waals surface area contributed by atoms with E-state index in [0.717, 1.165) is 42.7 Å². The zero-order valence-corrected chi connectivity index (χ0v) is 12.1. The van der Waals surface area contributed by atoms with Gasteiger partial charge in [0.05, 0.1) is 11.0 Å². The average Bonchev–Trinajstić information content (AvgIpc) is 2.89. The summed E-state index contributed by atoms with van der Waals surface area (Å²) < 4.78 is 0. The summed E-state index contributed by atoms with van der Waals surface area (Å²) in [6.07, 6.45) is 5.83. The van der Waals surface area contributed by atoms with Gasteiger partial charge in [0.15, 0.2) is 0 Å². The van der Waals surface area contributed by atoms with E-state index in [0.29, 0.717) is 0 Å². The number of nitrogens with zero attached hydrogens (tertiary/aromatic N) is 2. The highest BCUT2D eigenvalue weighted by atomic mass is 14.9. The second kappa shape index (κ2) is 4.97. The Kier molecular flexibility index (Phi) is 2.97. The zero-order valence-electron chi connectivity index (χ0n) is 12.1. The molecular formula is C17H18N4. The first kappa shape index (κ1) is 12.5. The molecule has 0 spiro atoms. The van der Waals surface area contributed by atoms with Crippen molar-refractivity contribution >= 4 is 11.0 Å². The predicted molar refractivity (Wildman–Crippen MR) is 83.3 cm³/mol. The van der Waals surface area contributed by atoms with Crippen LogP contribution in [0.1, 0.15) is 28.1 Å². The van der Waals surface area contributed by atoms with Gasteiger partial charge < -0.3 is 10.3 Å². The first-order valence-corrected chi connectivity index (χ1v) is 7.40. The van der Waals surface area contributed by atoms with E-state index in [2.05, 4.69) is 46.6 Å². The minimum Gasteiger partial charge on any atom is -0.360 e. The van der Waals surface area contributed by atoms with Crippen LogP contribution < -0.4 is 5.32 Å². The molecule has 3 aromatic rings. The molecular weight excluding hydrogens is 260 g/mol. The molecule has 1 aliphatic heterocycles. The van der Waals surface area contributed by atoms with Crippen LogP contribution in [0.4, 0.5) is 0 Å². The van der Waals surface area contributed by atoms with Crippen molar-refractivity contribution in [2.75, 3.05) is 6.54 Å². The summed E-state index contributed by atoms with van der Waals surface area (Å²) in [5, 5.41) is 3.38.